The van der Waals surface area contributed by atoms with Gasteiger partial charge in [-0.15, -0.1) is 0 Å². The number of carbonyl (C=O) groups excluding carboxylic acids is 2. The summed E-state index contributed by atoms with van der Waals surface area (Å²) in [6.45, 7) is 7.61. The smallest absolute Gasteiger partial charge is 0.306 e. The highest BCUT2D eigenvalue weighted by molar-refractivity contribution is 5.70. The van der Waals surface area contributed by atoms with Gasteiger partial charge in [0.1, 0.15) is 6.61 Å². The van der Waals surface area contributed by atoms with E-state index < -0.39 is 6.10 Å². The van der Waals surface area contributed by atoms with Crippen LogP contribution in [0.2, 0.25) is 0 Å². The Labute approximate surface area is 359 Å². The zero-order valence-electron chi connectivity index (χ0n) is 38.3. The summed E-state index contributed by atoms with van der Waals surface area (Å²) in [5.41, 5.74) is 0. The van der Waals surface area contributed by atoms with E-state index in [0.29, 0.717) is 19.4 Å². The van der Waals surface area contributed by atoms with Crippen LogP contribution in [0, 0.1) is 0 Å². The molecule has 1 unspecified atom stereocenters. The molecule has 0 bridgehead atoms. The molecule has 0 aromatic rings. The third kappa shape index (κ3) is 46.0. The molecule has 0 aromatic carbocycles. The predicted molar refractivity (Wildman–Crippen MR) is 251 cm³/mol. The third-order valence-corrected chi connectivity index (χ3v) is 10.2. The average molecular weight is 809 g/mol. The summed E-state index contributed by atoms with van der Waals surface area (Å²) in [5, 5.41) is 0. The number of hydrogen-bond donors (Lipinski definition) is 0. The van der Waals surface area contributed by atoms with E-state index in [4.69, 9.17) is 14.2 Å². The summed E-state index contributed by atoms with van der Waals surface area (Å²) in [5.74, 6) is -0.460. The summed E-state index contributed by atoms with van der Waals surface area (Å²) in [6.07, 6.45) is 61.9. The van der Waals surface area contributed by atoms with E-state index in [0.717, 1.165) is 83.5 Å². The highest BCUT2D eigenvalue weighted by Crippen LogP contribution is 2.13. The van der Waals surface area contributed by atoms with Crippen molar-refractivity contribution in [3.05, 3.63) is 72.9 Å². The number of hydrogen-bond acceptors (Lipinski definition) is 5. The maximum Gasteiger partial charge on any atom is 0.306 e. The van der Waals surface area contributed by atoms with Crippen molar-refractivity contribution in [1.82, 2.24) is 0 Å². The van der Waals surface area contributed by atoms with Crippen LogP contribution >= 0.6 is 0 Å². The van der Waals surface area contributed by atoms with Gasteiger partial charge in [-0.25, -0.2) is 0 Å². The SMILES string of the molecule is CC/C=C\C/C=C\C/C=C\C/C=C\CCCCC(=O)OCC(COCCCCCCCC/C=C\CCCCCCCC)OC(=O)CCCCCCC/C=C\CCCC. The molecule has 0 aliphatic carbocycles. The molecular weight excluding hydrogens is 717 g/mol. The van der Waals surface area contributed by atoms with Crippen LogP contribution in [0.1, 0.15) is 226 Å². The van der Waals surface area contributed by atoms with Crippen molar-refractivity contribution >= 4 is 11.9 Å². The molecule has 0 amide bonds. The first-order chi connectivity index (χ1) is 28.6. The van der Waals surface area contributed by atoms with E-state index >= 15 is 0 Å². The monoisotopic (exact) mass is 809 g/mol. The molecule has 0 aromatic heterocycles. The predicted octanol–water partition coefficient (Wildman–Crippen LogP) is 16.3. The van der Waals surface area contributed by atoms with Crippen molar-refractivity contribution in [1.29, 1.82) is 0 Å². The quantitative estimate of drug-likeness (QED) is 0.0348. The van der Waals surface area contributed by atoms with E-state index in [2.05, 4.69) is 93.7 Å². The van der Waals surface area contributed by atoms with Gasteiger partial charge < -0.3 is 14.2 Å². The number of allylic oxidation sites excluding steroid dienone is 12. The van der Waals surface area contributed by atoms with Crippen LogP contribution in [-0.2, 0) is 23.8 Å². The molecule has 0 radical (unpaired) electrons. The number of carbonyl (C=O) groups is 2. The van der Waals surface area contributed by atoms with E-state index in [-0.39, 0.29) is 25.2 Å². The van der Waals surface area contributed by atoms with Crippen molar-refractivity contribution in [2.45, 2.75) is 232 Å². The Morgan fingerprint density at radius 1 is 0.397 bits per heavy atom. The molecule has 0 aliphatic heterocycles. The molecular formula is C53H92O5. The highest BCUT2D eigenvalue weighted by atomic mass is 16.6. The largest absolute Gasteiger partial charge is 0.462 e. The van der Waals surface area contributed by atoms with Gasteiger partial charge in [-0.1, -0.05) is 184 Å². The summed E-state index contributed by atoms with van der Waals surface area (Å²) >= 11 is 0. The zero-order valence-corrected chi connectivity index (χ0v) is 38.3. The molecule has 0 aliphatic rings. The van der Waals surface area contributed by atoms with Crippen molar-refractivity contribution in [3.63, 3.8) is 0 Å². The summed E-state index contributed by atoms with van der Waals surface area (Å²) < 4.78 is 17.3. The van der Waals surface area contributed by atoms with Crippen LogP contribution in [-0.4, -0.2) is 37.9 Å². The molecule has 58 heavy (non-hydrogen) atoms. The molecule has 0 N–H and O–H groups in total. The second-order valence-electron chi connectivity index (χ2n) is 16.0. The lowest BCUT2D eigenvalue weighted by molar-refractivity contribution is -0.163. The van der Waals surface area contributed by atoms with Crippen LogP contribution in [0.4, 0.5) is 0 Å². The van der Waals surface area contributed by atoms with E-state index in [1.165, 1.54) is 109 Å². The van der Waals surface area contributed by atoms with Crippen molar-refractivity contribution in [3.8, 4) is 0 Å². The number of ether oxygens (including phenoxy) is 3. The van der Waals surface area contributed by atoms with Gasteiger partial charge in [0.05, 0.1) is 6.61 Å². The summed E-state index contributed by atoms with van der Waals surface area (Å²) in [4.78, 5) is 25.3. The molecule has 0 saturated carbocycles. The Bertz CT molecular complexity index is 1050. The van der Waals surface area contributed by atoms with Crippen LogP contribution in [0.15, 0.2) is 72.9 Å². The lowest BCUT2D eigenvalue weighted by Crippen LogP contribution is -2.30. The molecule has 0 saturated heterocycles. The van der Waals surface area contributed by atoms with Crippen LogP contribution in [0.25, 0.3) is 0 Å². The molecule has 0 heterocycles. The van der Waals surface area contributed by atoms with Crippen LogP contribution in [0.5, 0.6) is 0 Å². The van der Waals surface area contributed by atoms with Gasteiger partial charge >= 0.3 is 11.9 Å². The fraction of sp³-hybridized carbons (Fsp3) is 0.736. The van der Waals surface area contributed by atoms with Gasteiger partial charge in [-0.3, -0.25) is 9.59 Å². The maximum absolute atomic E-state index is 12.7. The van der Waals surface area contributed by atoms with Crippen molar-refractivity contribution < 1.29 is 23.8 Å². The topological polar surface area (TPSA) is 61.8 Å². The lowest BCUT2D eigenvalue weighted by Gasteiger charge is -2.18. The number of esters is 2. The number of unbranched alkanes of at least 4 members (excludes halogenated alkanes) is 21. The van der Waals surface area contributed by atoms with Gasteiger partial charge in [-0.2, -0.15) is 0 Å². The molecule has 5 heteroatoms. The first-order valence-electron chi connectivity index (χ1n) is 24.5. The number of rotatable bonds is 44. The van der Waals surface area contributed by atoms with E-state index in [9.17, 15) is 9.59 Å². The molecule has 0 rings (SSSR count). The van der Waals surface area contributed by atoms with E-state index in [1.807, 2.05) is 0 Å². The Kier molecular flexibility index (Phi) is 46.5. The van der Waals surface area contributed by atoms with Gasteiger partial charge in [0.15, 0.2) is 6.10 Å². The normalized spacial score (nSPS) is 12.8. The molecule has 0 spiro atoms. The van der Waals surface area contributed by atoms with E-state index in [1.54, 1.807) is 0 Å². The maximum atomic E-state index is 12.7. The zero-order chi connectivity index (χ0) is 42.1. The molecule has 0 fully saturated rings. The average Bonchev–Trinajstić information content (AvgIpc) is 3.22. The Balaban J connectivity index is 4.33. The van der Waals surface area contributed by atoms with Crippen molar-refractivity contribution in [2.75, 3.05) is 19.8 Å². The van der Waals surface area contributed by atoms with Gasteiger partial charge in [0, 0.05) is 19.4 Å². The van der Waals surface area contributed by atoms with Crippen molar-refractivity contribution in [2.24, 2.45) is 0 Å². The standard InChI is InChI=1S/C53H92O5/c1-4-7-10-13-16-19-22-24-26-28-30-33-36-39-42-45-48-56-49-51(58-53(55)47-44-41-38-35-31-21-18-15-12-9-6-3)50-57-52(54)46-43-40-37-34-32-29-27-25-23-20-17-14-11-8-5-2/h8,11,15,17-18,20,24-27,32,34,51H,4-7,9-10,12-14,16,19,21-23,28-31,33,35-50H2,1-3H3/b11-8-,18-15-,20-17-,26-24-,27-25-,34-32-. The fourth-order valence-electron chi connectivity index (χ4n) is 6.53. The lowest BCUT2D eigenvalue weighted by atomic mass is 10.1. The first kappa shape index (κ1) is 55.3. The van der Waals surface area contributed by atoms with Gasteiger partial charge in [0.25, 0.3) is 0 Å². The minimum atomic E-state index is -0.561. The Hall–Kier alpha value is -2.66. The molecule has 334 valence electrons. The summed E-state index contributed by atoms with van der Waals surface area (Å²) in [6, 6.07) is 0. The summed E-state index contributed by atoms with van der Waals surface area (Å²) in [7, 11) is 0. The molecule has 1 atom stereocenters. The van der Waals surface area contributed by atoms with Gasteiger partial charge in [0.2, 0.25) is 0 Å². The molecule has 5 nitrogen and oxygen atoms in total. The highest BCUT2D eigenvalue weighted by Gasteiger charge is 2.17. The minimum absolute atomic E-state index is 0.0562. The Morgan fingerprint density at radius 3 is 1.34 bits per heavy atom. The fourth-order valence-corrected chi connectivity index (χ4v) is 6.53. The third-order valence-electron chi connectivity index (χ3n) is 10.2. The van der Waals surface area contributed by atoms with Crippen LogP contribution < -0.4 is 0 Å². The second-order valence-corrected chi connectivity index (χ2v) is 16.0. The second kappa shape index (κ2) is 48.7. The first-order valence-corrected chi connectivity index (χ1v) is 24.5. The van der Waals surface area contributed by atoms with Crippen LogP contribution in [0.3, 0.4) is 0 Å². The Morgan fingerprint density at radius 2 is 0.793 bits per heavy atom. The van der Waals surface area contributed by atoms with Gasteiger partial charge in [-0.05, 0) is 103 Å². The minimum Gasteiger partial charge on any atom is -0.462 e.